The summed E-state index contributed by atoms with van der Waals surface area (Å²) in [5, 5.41) is 11.8. The molecule has 0 N–H and O–H groups in total. The summed E-state index contributed by atoms with van der Waals surface area (Å²) in [5.41, 5.74) is 2.23. The molecule has 146 valence electrons. The van der Waals surface area contributed by atoms with Crippen molar-refractivity contribution in [2.24, 2.45) is 0 Å². The summed E-state index contributed by atoms with van der Waals surface area (Å²) in [6.45, 7) is 1.92. The van der Waals surface area contributed by atoms with Crippen LogP contribution in [0.4, 0.5) is 11.5 Å². The first kappa shape index (κ1) is 18.8. The Hall–Kier alpha value is -3.54. The molecule has 0 saturated carbocycles. The smallest absolute Gasteiger partial charge is 0.269 e. The normalized spacial score (nSPS) is 14.4. The summed E-state index contributed by atoms with van der Waals surface area (Å²) in [6, 6.07) is 15.7. The van der Waals surface area contributed by atoms with Crippen molar-refractivity contribution in [3.8, 4) is 0 Å². The van der Waals surface area contributed by atoms with Gasteiger partial charge < -0.3 is 4.90 Å². The zero-order valence-electron chi connectivity index (χ0n) is 16.0. The summed E-state index contributed by atoms with van der Waals surface area (Å²) in [6.07, 6.45) is 6.82. The maximum atomic E-state index is 12.6. The van der Waals surface area contributed by atoms with Crippen molar-refractivity contribution >= 4 is 34.3 Å². The minimum Gasteiger partial charge on any atom is -0.356 e. The molecule has 3 aromatic rings. The number of benzene rings is 2. The van der Waals surface area contributed by atoms with Gasteiger partial charge in [-0.15, -0.1) is 0 Å². The number of pyridine rings is 1. The van der Waals surface area contributed by atoms with Crippen LogP contribution < -0.4 is 4.90 Å². The van der Waals surface area contributed by atoms with Gasteiger partial charge >= 0.3 is 0 Å². The monoisotopic (exact) mass is 387 g/mol. The second kappa shape index (κ2) is 8.22. The van der Waals surface area contributed by atoms with Gasteiger partial charge in [-0.25, -0.2) is 4.98 Å². The quantitative estimate of drug-likeness (QED) is 0.266. The number of hydrogen-bond acceptors (Lipinski definition) is 5. The van der Waals surface area contributed by atoms with E-state index in [1.165, 1.54) is 36.8 Å². The SMILES string of the molecule is O=C(/C=C/c1cc2ccccc2nc1N1CCCCC1)c1ccc([N+](=O)[O-])cc1. The standard InChI is InChI=1S/C23H21N3O3/c27-22(17-8-11-20(12-9-17)26(28)29)13-10-19-16-18-6-2-3-7-21(18)24-23(19)25-14-4-1-5-15-25/h2-3,6-13,16H,1,4-5,14-15H2/b13-10+. The van der Waals surface area contributed by atoms with Gasteiger partial charge in [0, 0.05) is 41.7 Å². The van der Waals surface area contributed by atoms with Gasteiger partial charge in [0.1, 0.15) is 5.82 Å². The van der Waals surface area contributed by atoms with E-state index >= 15 is 0 Å². The molecule has 1 aliphatic heterocycles. The fourth-order valence-corrected chi connectivity index (χ4v) is 3.61. The van der Waals surface area contributed by atoms with E-state index in [9.17, 15) is 14.9 Å². The Balaban J connectivity index is 1.66. The Morgan fingerprint density at radius 1 is 1.03 bits per heavy atom. The third-order valence-electron chi connectivity index (χ3n) is 5.16. The maximum Gasteiger partial charge on any atom is 0.269 e. The van der Waals surface area contributed by atoms with E-state index in [1.54, 1.807) is 6.08 Å². The van der Waals surface area contributed by atoms with Crippen molar-refractivity contribution in [3.05, 3.63) is 81.9 Å². The Morgan fingerprint density at radius 2 is 1.76 bits per heavy atom. The minimum absolute atomic E-state index is 0.0309. The van der Waals surface area contributed by atoms with Crippen LogP contribution in [0.25, 0.3) is 17.0 Å². The number of allylic oxidation sites excluding steroid dienone is 1. The number of carbonyl (C=O) groups is 1. The van der Waals surface area contributed by atoms with Gasteiger partial charge in [-0.05, 0) is 55.7 Å². The lowest BCUT2D eigenvalue weighted by Gasteiger charge is -2.29. The number of piperidine rings is 1. The molecule has 1 aliphatic rings. The van der Waals surface area contributed by atoms with Crippen LogP contribution in [0, 0.1) is 10.1 Å². The van der Waals surface area contributed by atoms with E-state index in [0.29, 0.717) is 5.56 Å². The Labute approximate surface area is 168 Å². The van der Waals surface area contributed by atoms with Crippen LogP contribution in [0.5, 0.6) is 0 Å². The second-order valence-electron chi connectivity index (χ2n) is 7.14. The molecule has 0 amide bonds. The van der Waals surface area contributed by atoms with Gasteiger partial charge in [-0.1, -0.05) is 18.2 Å². The van der Waals surface area contributed by atoms with Crippen molar-refractivity contribution in [1.29, 1.82) is 0 Å². The van der Waals surface area contributed by atoms with E-state index in [-0.39, 0.29) is 11.5 Å². The number of rotatable bonds is 5. The van der Waals surface area contributed by atoms with Crippen LogP contribution >= 0.6 is 0 Å². The number of anilines is 1. The third-order valence-corrected chi connectivity index (χ3v) is 5.16. The molecule has 2 heterocycles. The van der Waals surface area contributed by atoms with Crippen LogP contribution in [0.3, 0.4) is 0 Å². The molecule has 4 rings (SSSR count). The van der Waals surface area contributed by atoms with Gasteiger partial charge in [0.2, 0.25) is 0 Å². The molecule has 0 atom stereocenters. The highest BCUT2D eigenvalue weighted by Gasteiger charge is 2.16. The van der Waals surface area contributed by atoms with E-state index in [4.69, 9.17) is 4.98 Å². The number of nitro groups is 1. The fourth-order valence-electron chi connectivity index (χ4n) is 3.61. The predicted octanol–water partition coefficient (Wildman–Crippen LogP) is 5.03. The molecule has 0 spiro atoms. The van der Waals surface area contributed by atoms with Crippen molar-refractivity contribution in [1.82, 2.24) is 4.98 Å². The highest BCUT2D eigenvalue weighted by atomic mass is 16.6. The molecule has 1 fully saturated rings. The lowest BCUT2D eigenvalue weighted by Crippen LogP contribution is -2.30. The summed E-state index contributed by atoms with van der Waals surface area (Å²) < 4.78 is 0. The average Bonchev–Trinajstić information content (AvgIpc) is 2.77. The number of nitrogens with zero attached hydrogens (tertiary/aromatic N) is 3. The number of hydrogen-bond donors (Lipinski definition) is 0. The lowest BCUT2D eigenvalue weighted by molar-refractivity contribution is -0.384. The second-order valence-corrected chi connectivity index (χ2v) is 7.14. The Kier molecular flexibility index (Phi) is 5.33. The van der Waals surface area contributed by atoms with E-state index in [0.717, 1.165) is 48.2 Å². The first-order valence-electron chi connectivity index (χ1n) is 9.73. The van der Waals surface area contributed by atoms with Gasteiger partial charge in [-0.2, -0.15) is 0 Å². The van der Waals surface area contributed by atoms with E-state index < -0.39 is 4.92 Å². The van der Waals surface area contributed by atoms with Crippen LogP contribution in [-0.2, 0) is 0 Å². The molecule has 0 aliphatic carbocycles. The summed E-state index contributed by atoms with van der Waals surface area (Å²) >= 11 is 0. The Morgan fingerprint density at radius 3 is 2.48 bits per heavy atom. The Bertz CT molecular complexity index is 1080. The zero-order chi connectivity index (χ0) is 20.2. The molecule has 2 aromatic carbocycles. The van der Waals surface area contributed by atoms with E-state index in [2.05, 4.69) is 11.0 Å². The molecular weight excluding hydrogens is 366 g/mol. The largest absolute Gasteiger partial charge is 0.356 e. The van der Waals surface area contributed by atoms with Gasteiger partial charge in [0.15, 0.2) is 5.78 Å². The lowest BCUT2D eigenvalue weighted by atomic mass is 10.1. The molecule has 0 bridgehead atoms. The number of carbonyl (C=O) groups excluding carboxylic acids is 1. The molecule has 6 heteroatoms. The topological polar surface area (TPSA) is 76.3 Å². The predicted molar refractivity (Wildman–Crippen MR) is 114 cm³/mol. The number of non-ortho nitro benzene ring substituents is 1. The van der Waals surface area contributed by atoms with E-state index in [1.807, 2.05) is 24.3 Å². The van der Waals surface area contributed by atoms with Gasteiger partial charge in [0.05, 0.1) is 10.4 Å². The molecule has 6 nitrogen and oxygen atoms in total. The molecule has 29 heavy (non-hydrogen) atoms. The zero-order valence-corrected chi connectivity index (χ0v) is 16.0. The summed E-state index contributed by atoms with van der Waals surface area (Å²) in [4.78, 5) is 30.0. The number of para-hydroxylation sites is 1. The van der Waals surface area contributed by atoms with Crippen LogP contribution in [0.15, 0.2) is 60.7 Å². The highest BCUT2D eigenvalue weighted by molar-refractivity contribution is 6.07. The molecule has 0 radical (unpaired) electrons. The molecular formula is C23H21N3O3. The van der Waals surface area contributed by atoms with Gasteiger partial charge in [0.25, 0.3) is 5.69 Å². The molecule has 1 aromatic heterocycles. The van der Waals surface area contributed by atoms with Crippen LogP contribution in [-0.4, -0.2) is 28.8 Å². The van der Waals surface area contributed by atoms with Crippen molar-refractivity contribution in [3.63, 3.8) is 0 Å². The van der Waals surface area contributed by atoms with Crippen LogP contribution in [0.2, 0.25) is 0 Å². The molecule has 0 unspecified atom stereocenters. The first-order valence-corrected chi connectivity index (χ1v) is 9.73. The summed E-state index contributed by atoms with van der Waals surface area (Å²) in [7, 11) is 0. The fraction of sp³-hybridized carbons (Fsp3) is 0.217. The van der Waals surface area contributed by atoms with Crippen molar-refractivity contribution in [2.75, 3.05) is 18.0 Å². The third kappa shape index (κ3) is 4.16. The number of ketones is 1. The number of fused-ring (bicyclic) bond motifs is 1. The highest BCUT2D eigenvalue weighted by Crippen LogP contribution is 2.27. The van der Waals surface area contributed by atoms with Gasteiger partial charge in [-0.3, -0.25) is 14.9 Å². The number of aromatic nitrogens is 1. The number of nitro benzene ring substituents is 1. The minimum atomic E-state index is -0.476. The summed E-state index contributed by atoms with van der Waals surface area (Å²) in [5.74, 6) is 0.703. The van der Waals surface area contributed by atoms with Crippen molar-refractivity contribution in [2.45, 2.75) is 19.3 Å². The van der Waals surface area contributed by atoms with Crippen molar-refractivity contribution < 1.29 is 9.72 Å². The average molecular weight is 387 g/mol. The maximum absolute atomic E-state index is 12.6. The first-order chi connectivity index (χ1) is 14.1. The van der Waals surface area contributed by atoms with Crippen LogP contribution in [0.1, 0.15) is 35.2 Å². The molecule has 1 saturated heterocycles.